The monoisotopic (exact) mass is 312 g/mol. The van der Waals surface area contributed by atoms with Crippen molar-refractivity contribution in [3.63, 3.8) is 0 Å². The molecule has 1 aromatic heterocycles. The van der Waals surface area contributed by atoms with Gasteiger partial charge in [-0.25, -0.2) is 22.7 Å². The molecule has 0 saturated carbocycles. The maximum Gasteiger partial charge on any atom is 0.242 e. The quantitative estimate of drug-likeness (QED) is 0.875. The van der Waals surface area contributed by atoms with Crippen molar-refractivity contribution < 1.29 is 8.42 Å². The van der Waals surface area contributed by atoms with E-state index >= 15 is 0 Å². The average Bonchev–Trinajstić information content (AvgIpc) is 2.39. The van der Waals surface area contributed by atoms with E-state index in [1.54, 1.807) is 18.2 Å². The molecule has 0 fully saturated rings. The summed E-state index contributed by atoms with van der Waals surface area (Å²) in [5.41, 5.74) is 0.565. The van der Waals surface area contributed by atoms with Gasteiger partial charge >= 0.3 is 0 Å². The molecule has 0 spiro atoms. The average molecular weight is 313 g/mol. The summed E-state index contributed by atoms with van der Waals surface area (Å²) < 4.78 is 25.2. The molecule has 2 aromatic rings. The van der Waals surface area contributed by atoms with Gasteiger partial charge in [-0.1, -0.05) is 17.7 Å². The van der Waals surface area contributed by atoms with Crippen molar-refractivity contribution in [1.29, 1.82) is 0 Å². The SMILES string of the molecule is CN(C)S(=O)(=O)c1cccc(Nc2nccc(Cl)n2)c1. The molecule has 106 valence electrons. The molecule has 0 atom stereocenters. The maximum atomic E-state index is 12.0. The van der Waals surface area contributed by atoms with Crippen LogP contribution in [0.4, 0.5) is 11.6 Å². The lowest BCUT2D eigenvalue weighted by molar-refractivity contribution is 0.521. The molecule has 2 rings (SSSR count). The van der Waals surface area contributed by atoms with Crippen LogP contribution in [0.1, 0.15) is 0 Å². The Morgan fingerprint density at radius 1 is 1.25 bits per heavy atom. The van der Waals surface area contributed by atoms with E-state index in [1.165, 1.54) is 32.4 Å². The van der Waals surface area contributed by atoms with E-state index in [9.17, 15) is 8.42 Å². The van der Waals surface area contributed by atoms with Gasteiger partial charge in [-0.2, -0.15) is 0 Å². The van der Waals surface area contributed by atoms with Crippen LogP contribution >= 0.6 is 11.6 Å². The van der Waals surface area contributed by atoms with E-state index in [0.717, 1.165) is 4.31 Å². The van der Waals surface area contributed by atoms with E-state index in [-0.39, 0.29) is 4.90 Å². The second-order valence-corrected chi connectivity index (χ2v) is 6.68. The van der Waals surface area contributed by atoms with Crippen molar-refractivity contribution in [3.8, 4) is 0 Å². The minimum atomic E-state index is -3.47. The first-order valence-corrected chi connectivity index (χ1v) is 7.49. The number of nitrogens with one attached hydrogen (secondary N) is 1. The summed E-state index contributed by atoms with van der Waals surface area (Å²) >= 11 is 5.76. The fourth-order valence-corrected chi connectivity index (χ4v) is 2.56. The first kappa shape index (κ1) is 14.7. The number of rotatable bonds is 4. The molecule has 0 amide bonds. The molecule has 0 radical (unpaired) electrons. The number of nitrogens with zero attached hydrogens (tertiary/aromatic N) is 3. The number of aromatic nitrogens is 2. The highest BCUT2D eigenvalue weighted by atomic mass is 35.5. The zero-order valence-corrected chi connectivity index (χ0v) is 12.5. The topological polar surface area (TPSA) is 75.2 Å². The fourth-order valence-electron chi connectivity index (χ4n) is 1.47. The molecule has 1 heterocycles. The Morgan fingerprint density at radius 3 is 2.65 bits per heavy atom. The minimum absolute atomic E-state index is 0.189. The summed E-state index contributed by atoms with van der Waals surface area (Å²) in [7, 11) is -0.510. The second-order valence-electron chi connectivity index (χ2n) is 4.14. The number of anilines is 2. The third kappa shape index (κ3) is 3.24. The van der Waals surface area contributed by atoms with Crippen LogP contribution in [0, 0.1) is 0 Å². The molecule has 0 bridgehead atoms. The van der Waals surface area contributed by atoms with E-state index < -0.39 is 10.0 Å². The van der Waals surface area contributed by atoms with Crippen molar-refractivity contribution in [2.24, 2.45) is 0 Å². The summed E-state index contributed by atoms with van der Waals surface area (Å²) in [5.74, 6) is 0.303. The molecular formula is C12H13ClN4O2S. The van der Waals surface area contributed by atoms with Crippen molar-refractivity contribution in [1.82, 2.24) is 14.3 Å². The summed E-state index contributed by atoms with van der Waals surface area (Å²) in [6.07, 6.45) is 1.51. The third-order valence-electron chi connectivity index (χ3n) is 2.49. The number of hydrogen-bond acceptors (Lipinski definition) is 5. The molecule has 8 heteroatoms. The maximum absolute atomic E-state index is 12.0. The number of sulfonamides is 1. The van der Waals surface area contributed by atoms with Gasteiger partial charge in [-0.05, 0) is 24.3 Å². The lowest BCUT2D eigenvalue weighted by Crippen LogP contribution is -2.22. The highest BCUT2D eigenvalue weighted by Gasteiger charge is 2.17. The van der Waals surface area contributed by atoms with E-state index in [0.29, 0.717) is 16.8 Å². The van der Waals surface area contributed by atoms with E-state index in [1.807, 2.05) is 0 Å². The largest absolute Gasteiger partial charge is 0.324 e. The summed E-state index contributed by atoms with van der Waals surface area (Å²) in [6, 6.07) is 7.96. The van der Waals surface area contributed by atoms with Crippen molar-refractivity contribution >= 4 is 33.3 Å². The summed E-state index contributed by atoms with van der Waals surface area (Å²) in [5, 5.41) is 3.21. The lowest BCUT2D eigenvalue weighted by atomic mass is 10.3. The molecule has 0 aliphatic rings. The van der Waals surface area contributed by atoms with Crippen molar-refractivity contribution in [2.75, 3.05) is 19.4 Å². The Kier molecular flexibility index (Phi) is 4.22. The zero-order valence-electron chi connectivity index (χ0n) is 10.9. The molecule has 6 nitrogen and oxygen atoms in total. The second kappa shape index (κ2) is 5.74. The third-order valence-corrected chi connectivity index (χ3v) is 4.51. The molecule has 1 N–H and O–H groups in total. The molecule has 0 aliphatic heterocycles. The normalized spacial score (nSPS) is 11.6. The molecule has 1 aromatic carbocycles. The predicted octanol–water partition coefficient (Wildman–Crippen LogP) is 2.12. The lowest BCUT2D eigenvalue weighted by Gasteiger charge is -2.12. The Labute approximate surface area is 122 Å². The van der Waals surface area contributed by atoms with Crippen LogP contribution in [0.2, 0.25) is 5.15 Å². The van der Waals surface area contributed by atoms with Gasteiger partial charge in [0.25, 0.3) is 0 Å². The van der Waals surface area contributed by atoms with Crippen molar-refractivity contribution in [2.45, 2.75) is 4.90 Å². The summed E-state index contributed by atoms with van der Waals surface area (Å²) in [6.45, 7) is 0. The number of benzene rings is 1. The molecule has 0 unspecified atom stereocenters. The first-order valence-electron chi connectivity index (χ1n) is 5.68. The van der Waals surface area contributed by atoms with Crippen LogP contribution < -0.4 is 5.32 Å². The van der Waals surface area contributed by atoms with Crippen LogP contribution in [-0.2, 0) is 10.0 Å². The van der Waals surface area contributed by atoms with Crippen LogP contribution in [0.5, 0.6) is 0 Å². The van der Waals surface area contributed by atoms with Gasteiger partial charge in [0.1, 0.15) is 5.15 Å². The smallest absolute Gasteiger partial charge is 0.242 e. The standard InChI is InChI=1S/C12H13ClN4O2S/c1-17(2)20(18,19)10-5-3-4-9(8-10)15-12-14-7-6-11(13)16-12/h3-8H,1-2H3,(H,14,15,16). The minimum Gasteiger partial charge on any atom is -0.324 e. The van der Waals surface area contributed by atoms with Gasteiger partial charge in [0, 0.05) is 26.0 Å². The predicted molar refractivity (Wildman–Crippen MR) is 77.6 cm³/mol. The Hall–Kier alpha value is -1.70. The fraction of sp³-hybridized carbons (Fsp3) is 0.167. The highest BCUT2D eigenvalue weighted by Crippen LogP contribution is 2.20. The molecule has 20 heavy (non-hydrogen) atoms. The molecule has 0 aliphatic carbocycles. The molecular weight excluding hydrogens is 300 g/mol. The number of halogens is 1. The van der Waals surface area contributed by atoms with Crippen LogP contribution in [0.15, 0.2) is 41.4 Å². The molecule has 0 saturated heterocycles. The van der Waals surface area contributed by atoms with Crippen LogP contribution in [0.25, 0.3) is 0 Å². The van der Waals surface area contributed by atoms with Gasteiger partial charge < -0.3 is 5.32 Å². The Bertz CT molecular complexity index is 719. The van der Waals surface area contributed by atoms with Crippen molar-refractivity contribution in [3.05, 3.63) is 41.7 Å². The van der Waals surface area contributed by atoms with E-state index in [2.05, 4.69) is 15.3 Å². The summed E-state index contributed by atoms with van der Waals surface area (Å²) in [4.78, 5) is 8.16. The van der Waals surface area contributed by atoms with E-state index in [4.69, 9.17) is 11.6 Å². The van der Waals surface area contributed by atoms with Gasteiger partial charge in [0.05, 0.1) is 4.90 Å². The highest BCUT2D eigenvalue weighted by molar-refractivity contribution is 7.89. The van der Waals surface area contributed by atoms with Crippen LogP contribution in [-0.4, -0.2) is 36.8 Å². The number of hydrogen-bond donors (Lipinski definition) is 1. The van der Waals surface area contributed by atoms with Gasteiger partial charge in [-0.15, -0.1) is 0 Å². The first-order chi connectivity index (χ1) is 9.39. The van der Waals surface area contributed by atoms with Crippen LogP contribution in [0.3, 0.4) is 0 Å². The Morgan fingerprint density at radius 2 is 2.00 bits per heavy atom. The van der Waals surface area contributed by atoms with Gasteiger partial charge in [0.2, 0.25) is 16.0 Å². The van der Waals surface area contributed by atoms with Gasteiger partial charge in [-0.3, -0.25) is 0 Å². The Balaban J connectivity index is 2.32. The zero-order chi connectivity index (χ0) is 14.8. The van der Waals surface area contributed by atoms with Gasteiger partial charge in [0.15, 0.2) is 0 Å².